The van der Waals surface area contributed by atoms with E-state index in [0.717, 1.165) is 38.5 Å². The molecule has 0 radical (unpaired) electrons. The predicted molar refractivity (Wildman–Crippen MR) is 74.9 cm³/mol. The van der Waals surface area contributed by atoms with Gasteiger partial charge in [-0.3, -0.25) is 19.9 Å². The van der Waals surface area contributed by atoms with Crippen LogP contribution in [0.4, 0.5) is 0 Å². The van der Waals surface area contributed by atoms with Gasteiger partial charge in [-0.05, 0) is 31.2 Å². The van der Waals surface area contributed by atoms with Crippen LogP contribution in [-0.2, 0) is 0 Å². The molecular formula is C15H10N4. The van der Waals surface area contributed by atoms with Crippen LogP contribution in [0.3, 0.4) is 0 Å². The number of hydrogen-bond acceptors (Lipinski definition) is 4. The highest BCUT2D eigenvalue weighted by Crippen LogP contribution is 2.30. The molecule has 4 rings (SSSR count). The molecule has 1 aromatic carbocycles. The number of benzene rings is 1. The summed E-state index contributed by atoms with van der Waals surface area (Å²) in [5.74, 6) is 0. The standard InChI is InChI=1S/C15H10N4/c1-9-4-5-11-13-12(17-7-8-18-13)10-3-2-6-16-14(10)15(11)19-9/h2-8H,1H3. The van der Waals surface area contributed by atoms with Crippen molar-refractivity contribution in [2.75, 3.05) is 0 Å². The lowest BCUT2D eigenvalue weighted by molar-refractivity contribution is 1.25. The van der Waals surface area contributed by atoms with Crippen molar-refractivity contribution in [3.63, 3.8) is 0 Å². The average molecular weight is 246 g/mol. The summed E-state index contributed by atoms with van der Waals surface area (Å²) in [5, 5.41) is 2.00. The van der Waals surface area contributed by atoms with Gasteiger partial charge in [-0.25, -0.2) is 0 Å². The van der Waals surface area contributed by atoms with Gasteiger partial charge >= 0.3 is 0 Å². The quantitative estimate of drug-likeness (QED) is 0.447. The van der Waals surface area contributed by atoms with Gasteiger partial charge in [0.05, 0.1) is 22.1 Å². The Labute approximate surface area is 109 Å². The fourth-order valence-corrected chi connectivity index (χ4v) is 2.45. The maximum Gasteiger partial charge on any atom is 0.0991 e. The number of rotatable bonds is 0. The average Bonchev–Trinajstić information content (AvgIpc) is 2.47. The van der Waals surface area contributed by atoms with Crippen LogP contribution in [0, 0.1) is 6.92 Å². The predicted octanol–water partition coefficient (Wildman–Crippen LogP) is 3.03. The summed E-state index contributed by atoms with van der Waals surface area (Å²) in [6.07, 6.45) is 5.21. The maximum absolute atomic E-state index is 4.62. The van der Waals surface area contributed by atoms with Crippen LogP contribution in [0.2, 0.25) is 0 Å². The lowest BCUT2D eigenvalue weighted by atomic mass is 10.1. The van der Waals surface area contributed by atoms with E-state index in [9.17, 15) is 0 Å². The monoisotopic (exact) mass is 246 g/mol. The molecule has 4 heteroatoms. The van der Waals surface area contributed by atoms with Gasteiger partial charge in [0.2, 0.25) is 0 Å². The van der Waals surface area contributed by atoms with Crippen LogP contribution >= 0.6 is 0 Å². The Morgan fingerprint density at radius 1 is 0.684 bits per heavy atom. The molecule has 0 saturated carbocycles. The third-order valence-electron chi connectivity index (χ3n) is 3.27. The van der Waals surface area contributed by atoms with Gasteiger partial charge in [0.1, 0.15) is 0 Å². The summed E-state index contributed by atoms with van der Waals surface area (Å²) >= 11 is 0. The first-order chi connectivity index (χ1) is 9.34. The molecule has 0 spiro atoms. The second kappa shape index (κ2) is 3.68. The first kappa shape index (κ1) is 10.3. The van der Waals surface area contributed by atoms with E-state index in [2.05, 4.69) is 19.9 Å². The Balaban J connectivity index is 2.43. The van der Waals surface area contributed by atoms with Crippen LogP contribution in [0.15, 0.2) is 42.9 Å². The molecule has 4 aromatic rings. The molecule has 0 aliphatic rings. The highest BCUT2D eigenvalue weighted by molar-refractivity contribution is 6.20. The molecule has 90 valence electrons. The number of pyridine rings is 2. The highest BCUT2D eigenvalue weighted by atomic mass is 14.8. The number of hydrogen-bond donors (Lipinski definition) is 0. The largest absolute Gasteiger partial charge is 0.254 e. The smallest absolute Gasteiger partial charge is 0.0991 e. The zero-order chi connectivity index (χ0) is 12.8. The van der Waals surface area contributed by atoms with Gasteiger partial charge in [0.15, 0.2) is 0 Å². The van der Waals surface area contributed by atoms with E-state index < -0.39 is 0 Å². The van der Waals surface area contributed by atoms with Crippen LogP contribution in [0.1, 0.15) is 5.69 Å². The van der Waals surface area contributed by atoms with E-state index in [-0.39, 0.29) is 0 Å². The minimum absolute atomic E-state index is 0.878. The molecule has 0 N–H and O–H groups in total. The van der Waals surface area contributed by atoms with Crippen molar-refractivity contribution in [2.24, 2.45) is 0 Å². The first-order valence-electron chi connectivity index (χ1n) is 6.09. The van der Waals surface area contributed by atoms with E-state index >= 15 is 0 Å². The van der Waals surface area contributed by atoms with Gasteiger partial charge in [-0.1, -0.05) is 0 Å². The summed E-state index contributed by atoms with van der Waals surface area (Å²) in [7, 11) is 0. The molecule has 4 nitrogen and oxygen atoms in total. The molecule has 0 amide bonds. The molecule has 0 bridgehead atoms. The van der Waals surface area contributed by atoms with Crippen molar-refractivity contribution in [1.82, 2.24) is 19.9 Å². The number of nitrogens with zero attached hydrogens (tertiary/aromatic N) is 4. The Morgan fingerprint density at radius 3 is 2.11 bits per heavy atom. The Bertz CT molecular complexity index is 896. The summed E-state index contributed by atoms with van der Waals surface area (Å²) in [6, 6.07) is 7.97. The van der Waals surface area contributed by atoms with Gasteiger partial charge in [-0.2, -0.15) is 0 Å². The van der Waals surface area contributed by atoms with Crippen LogP contribution in [0.5, 0.6) is 0 Å². The lowest BCUT2D eigenvalue weighted by Gasteiger charge is -2.07. The zero-order valence-electron chi connectivity index (χ0n) is 10.3. The summed E-state index contributed by atoms with van der Waals surface area (Å²) in [5.41, 5.74) is 4.51. The molecule has 19 heavy (non-hydrogen) atoms. The molecule has 0 aliphatic heterocycles. The molecular weight excluding hydrogens is 236 g/mol. The van der Waals surface area contributed by atoms with E-state index in [0.29, 0.717) is 0 Å². The Hall–Kier alpha value is -2.62. The Kier molecular flexibility index (Phi) is 2.00. The zero-order valence-corrected chi connectivity index (χ0v) is 10.3. The minimum Gasteiger partial charge on any atom is -0.254 e. The van der Waals surface area contributed by atoms with Crippen molar-refractivity contribution in [2.45, 2.75) is 6.92 Å². The van der Waals surface area contributed by atoms with Gasteiger partial charge in [0, 0.05) is 35.1 Å². The SMILES string of the molecule is Cc1ccc2c3nccnc3c3cccnc3c2n1. The van der Waals surface area contributed by atoms with Gasteiger partial charge < -0.3 is 0 Å². The third-order valence-corrected chi connectivity index (χ3v) is 3.27. The second-order valence-electron chi connectivity index (χ2n) is 4.50. The summed E-state index contributed by atoms with van der Waals surface area (Å²) < 4.78 is 0. The topological polar surface area (TPSA) is 51.6 Å². The van der Waals surface area contributed by atoms with Gasteiger partial charge in [-0.15, -0.1) is 0 Å². The van der Waals surface area contributed by atoms with E-state index in [1.54, 1.807) is 18.6 Å². The number of aryl methyl sites for hydroxylation is 1. The fourth-order valence-electron chi connectivity index (χ4n) is 2.45. The molecule has 3 aromatic heterocycles. The van der Waals surface area contributed by atoms with Crippen molar-refractivity contribution in [3.05, 3.63) is 48.5 Å². The number of aromatic nitrogens is 4. The van der Waals surface area contributed by atoms with Crippen LogP contribution < -0.4 is 0 Å². The third kappa shape index (κ3) is 1.40. The van der Waals surface area contributed by atoms with Crippen molar-refractivity contribution in [3.8, 4) is 0 Å². The van der Waals surface area contributed by atoms with E-state index in [1.165, 1.54) is 0 Å². The first-order valence-corrected chi connectivity index (χ1v) is 6.09. The van der Waals surface area contributed by atoms with Gasteiger partial charge in [0.25, 0.3) is 0 Å². The second-order valence-corrected chi connectivity index (χ2v) is 4.50. The van der Waals surface area contributed by atoms with Crippen molar-refractivity contribution in [1.29, 1.82) is 0 Å². The fraction of sp³-hybridized carbons (Fsp3) is 0.0667. The molecule has 0 atom stereocenters. The van der Waals surface area contributed by atoms with E-state index in [4.69, 9.17) is 0 Å². The normalized spacial score (nSPS) is 11.4. The Morgan fingerprint density at radius 2 is 1.32 bits per heavy atom. The summed E-state index contributed by atoms with van der Waals surface area (Å²) in [6.45, 7) is 1.98. The van der Waals surface area contributed by atoms with Crippen LogP contribution in [-0.4, -0.2) is 19.9 Å². The number of fused-ring (bicyclic) bond motifs is 6. The molecule has 3 heterocycles. The summed E-state index contributed by atoms with van der Waals surface area (Å²) in [4.78, 5) is 18.0. The van der Waals surface area contributed by atoms with Crippen molar-refractivity contribution < 1.29 is 0 Å². The molecule has 0 unspecified atom stereocenters. The highest BCUT2D eigenvalue weighted by Gasteiger charge is 2.11. The van der Waals surface area contributed by atoms with Crippen molar-refractivity contribution >= 4 is 32.8 Å². The molecule has 0 aliphatic carbocycles. The molecule has 0 fully saturated rings. The lowest BCUT2D eigenvalue weighted by Crippen LogP contribution is -1.92. The molecule has 0 saturated heterocycles. The maximum atomic E-state index is 4.62. The minimum atomic E-state index is 0.878. The van der Waals surface area contributed by atoms with E-state index in [1.807, 2.05) is 31.2 Å². The van der Waals surface area contributed by atoms with Crippen LogP contribution in [0.25, 0.3) is 32.8 Å².